The third-order valence-electron chi connectivity index (χ3n) is 5.33. The van der Waals surface area contributed by atoms with E-state index in [0.29, 0.717) is 0 Å². The first-order valence-electron chi connectivity index (χ1n) is 9.96. The number of carbonyl (C=O) groups is 1. The third-order valence-corrected chi connectivity index (χ3v) is 5.33. The summed E-state index contributed by atoms with van der Waals surface area (Å²) in [7, 11) is 1.64. The highest BCUT2D eigenvalue weighted by atomic mass is 16.5. The van der Waals surface area contributed by atoms with E-state index in [1.807, 2.05) is 60.7 Å². The van der Waals surface area contributed by atoms with Crippen molar-refractivity contribution < 1.29 is 14.3 Å². The van der Waals surface area contributed by atoms with Gasteiger partial charge in [0.15, 0.2) is 6.61 Å². The monoisotopic (exact) mass is 387 g/mol. The fourth-order valence-corrected chi connectivity index (χ4v) is 3.79. The first-order valence-corrected chi connectivity index (χ1v) is 9.96. The van der Waals surface area contributed by atoms with Gasteiger partial charge in [-0.25, -0.2) is 0 Å². The molecule has 3 aromatic carbocycles. The van der Waals surface area contributed by atoms with Gasteiger partial charge in [-0.1, -0.05) is 48.5 Å². The summed E-state index contributed by atoms with van der Waals surface area (Å²) < 4.78 is 11.0. The molecule has 0 radical (unpaired) electrons. The second-order valence-corrected chi connectivity index (χ2v) is 7.26. The van der Waals surface area contributed by atoms with Crippen LogP contribution in [0.25, 0.3) is 0 Å². The number of rotatable bonds is 7. The molecule has 0 aliphatic heterocycles. The third kappa shape index (κ3) is 4.60. The van der Waals surface area contributed by atoms with E-state index in [0.717, 1.165) is 35.5 Å². The fraction of sp³-hybridized carbons (Fsp3) is 0.240. The molecule has 1 aliphatic rings. The van der Waals surface area contributed by atoms with E-state index >= 15 is 0 Å². The Bertz CT molecular complexity index is 967. The lowest BCUT2D eigenvalue weighted by Gasteiger charge is -2.20. The maximum Gasteiger partial charge on any atom is 0.258 e. The van der Waals surface area contributed by atoms with Crippen LogP contribution >= 0.6 is 0 Å². The Kier molecular flexibility index (Phi) is 5.80. The van der Waals surface area contributed by atoms with Crippen molar-refractivity contribution >= 4 is 5.91 Å². The van der Waals surface area contributed by atoms with E-state index in [4.69, 9.17) is 9.47 Å². The summed E-state index contributed by atoms with van der Waals surface area (Å²) in [6, 6.07) is 23.5. The number of benzene rings is 3. The minimum Gasteiger partial charge on any atom is -0.497 e. The van der Waals surface area contributed by atoms with Crippen molar-refractivity contribution in [1.82, 2.24) is 5.32 Å². The molecule has 3 aromatic rings. The van der Waals surface area contributed by atoms with Crippen LogP contribution < -0.4 is 14.8 Å². The largest absolute Gasteiger partial charge is 0.497 e. The first kappa shape index (κ1) is 19.1. The molecule has 1 atom stereocenters. The molecular weight excluding hydrogens is 362 g/mol. The van der Waals surface area contributed by atoms with Gasteiger partial charge in [-0.3, -0.25) is 4.79 Å². The summed E-state index contributed by atoms with van der Waals surface area (Å²) in [5.74, 6) is 1.38. The van der Waals surface area contributed by atoms with Crippen LogP contribution in [0, 0.1) is 0 Å². The highest BCUT2D eigenvalue weighted by molar-refractivity contribution is 5.78. The van der Waals surface area contributed by atoms with Gasteiger partial charge in [0.2, 0.25) is 0 Å². The molecule has 0 aromatic heterocycles. The van der Waals surface area contributed by atoms with Gasteiger partial charge in [-0.2, -0.15) is 0 Å². The maximum atomic E-state index is 12.7. The Labute approximate surface area is 171 Å². The van der Waals surface area contributed by atoms with Gasteiger partial charge in [0, 0.05) is 0 Å². The molecule has 4 nitrogen and oxygen atoms in total. The first-order chi connectivity index (χ1) is 14.2. The van der Waals surface area contributed by atoms with Crippen molar-refractivity contribution in [3.05, 3.63) is 95.1 Å². The minimum absolute atomic E-state index is 0.0156. The van der Waals surface area contributed by atoms with Gasteiger partial charge in [0.05, 0.1) is 13.2 Å². The summed E-state index contributed by atoms with van der Waals surface area (Å²) in [6.45, 7) is -0.0156. The molecular formula is C25H25NO3. The van der Waals surface area contributed by atoms with Crippen LogP contribution in [0.15, 0.2) is 72.8 Å². The Morgan fingerprint density at radius 1 is 0.897 bits per heavy atom. The zero-order valence-corrected chi connectivity index (χ0v) is 16.6. The van der Waals surface area contributed by atoms with Gasteiger partial charge in [0.1, 0.15) is 11.5 Å². The Balaban J connectivity index is 1.46. The molecule has 29 heavy (non-hydrogen) atoms. The fourth-order valence-electron chi connectivity index (χ4n) is 3.79. The molecule has 4 rings (SSSR count). The lowest BCUT2D eigenvalue weighted by Crippen LogP contribution is -2.33. The van der Waals surface area contributed by atoms with Crippen LogP contribution in [0.5, 0.6) is 11.5 Å². The van der Waals surface area contributed by atoms with E-state index < -0.39 is 0 Å². The number of nitrogens with one attached hydrogen (secondary N) is 1. The summed E-state index contributed by atoms with van der Waals surface area (Å²) in [4.78, 5) is 12.7. The Morgan fingerprint density at radius 2 is 1.59 bits per heavy atom. The molecule has 1 aliphatic carbocycles. The Morgan fingerprint density at radius 3 is 2.34 bits per heavy atom. The van der Waals surface area contributed by atoms with Crippen LogP contribution in [-0.4, -0.2) is 19.6 Å². The van der Waals surface area contributed by atoms with Crippen molar-refractivity contribution in [2.24, 2.45) is 0 Å². The molecule has 1 amide bonds. The quantitative estimate of drug-likeness (QED) is 0.651. The number of ether oxygens (including phenoxy) is 2. The highest BCUT2D eigenvalue weighted by Gasteiger charge is 2.18. The normalized spacial score (nSPS) is 13.4. The molecule has 148 valence electrons. The molecule has 0 fully saturated rings. The lowest BCUT2D eigenvalue weighted by atomic mass is 9.98. The molecule has 0 saturated heterocycles. The van der Waals surface area contributed by atoms with Crippen LogP contribution in [0.4, 0.5) is 0 Å². The summed E-state index contributed by atoms with van der Waals surface area (Å²) in [5, 5.41) is 3.10. The van der Waals surface area contributed by atoms with E-state index in [-0.39, 0.29) is 18.6 Å². The standard InChI is InChI=1S/C25H25NO3/c1-28-22-13-11-20(12-14-22)25(19-6-3-2-4-7-19)26-24(27)17-29-23-15-10-18-8-5-9-21(18)16-23/h2-4,6-7,10-16,25H,5,8-9,17H2,1H3,(H,26,27)/t25-/m1/s1. The molecule has 0 spiro atoms. The predicted octanol–water partition coefficient (Wildman–Crippen LogP) is 4.47. The van der Waals surface area contributed by atoms with Crippen LogP contribution in [0.1, 0.15) is 34.7 Å². The molecule has 0 heterocycles. The lowest BCUT2D eigenvalue weighted by molar-refractivity contribution is -0.123. The van der Waals surface area contributed by atoms with E-state index in [2.05, 4.69) is 17.4 Å². The molecule has 0 bridgehead atoms. The van der Waals surface area contributed by atoms with Gasteiger partial charge in [-0.05, 0) is 65.8 Å². The van der Waals surface area contributed by atoms with Crippen molar-refractivity contribution in [1.29, 1.82) is 0 Å². The number of hydrogen-bond donors (Lipinski definition) is 1. The SMILES string of the molecule is COc1ccc([C@H](NC(=O)COc2ccc3c(c2)CCC3)c2ccccc2)cc1. The van der Waals surface area contributed by atoms with Gasteiger partial charge < -0.3 is 14.8 Å². The summed E-state index contributed by atoms with van der Waals surface area (Å²) in [6.07, 6.45) is 3.42. The highest BCUT2D eigenvalue weighted by Crippen LogP contribution is 2.26. The second kappa shape index (κ2) is 8.82. The number of amides is 1. The number of methoxy groups -OCH3 is 1. The van der Waals surface area contributed by atoms with Crippen molar-refractivity contribution in [2.75, 3.05) is 13.7 Å². The van der Waals surface area contributed by atoms with E-state index in [1.165, 1.54) is 17.5 Å². The van der Waals surface area contributed by atoms with Gasteiger partial charge in [0.25, 0.3) is 5.91 Å². The number of carbonyl (C=O) groups excluding carboxylic acids is 1. The number of hydrogen-bond acceptors (Lipinski definition) is 3. The smallest absolute Gasteiger partial charge is 0.258 e. The second-order valence-electron chi connectivity index (χ2n) is 7.26. The van der Waals surface area contributed by atoms with Crippen molar-refractivity contribution in [3.63, 3.8) is 0 Å². The zero-order chi connectivity index (χ0) is 20.1. The predicted molar refractivity (Wildman–Crippen MR) is 113 cm³/mol. The van der Waals surface area contributed by atoms with Crippen molar-refractivity contribution in [2.45, 2.75) is 25.3 Å². The minimum atomic E-state index is -0.252. The zero-order valence-electron chi connectivity index (χ0n) is 16.6. The summed E-state index contributed by atoms with van der Waals surface area (Å²) >= 11 is 0. The van der Waals surface area contributed by atoms with Gasteiger partial charge >= 0.3 is 0 Å². The maximum absolute atomic E-state index is 12.7. The average molecular weight is 387 g/mol. The van der Waals surface area contributed by atoms with E-state index in [9.17, 15) is 4.79 Å². The molecule has 0 unspecified atom stereocenters. The molecule has 0 saturated carbocycles. The van der Waals surface area contributed by atoms with Crippen LogP contribution in [-0.2, 0) is 17.6 Å². The number of fused-ring (bicyclic) bond motifs is 1. The molecule has 4 heteroatoms. The average Bonchev–Trinajstić information content (AvgIpc) is 3.25. The molecule has 1 N–H and O–H groups in total. The van der Waals surface area contributed by atoms with Crippen LogP contribution in [0.3, 0.4) is 0 Å². The number of aryl methyl sites for hydroxylation is 2. The van der Waals surface area contributed by atoms with E-state index in [1.54, 1.807) is 7.11 Å². The van der Waals surface area contributed by atoms with Crippen LogP contribution in [0.2, 0.25) is 0 Å². The summed E-state index contributed by atoms with van der Waals surface area (Å²) in [5.41, 5.74) is 4.74. The van der Waals surface area contributed by atoms with Gasteiger partial charge in [-0.15, -0.1) is 0 Å². The van der Waals surface area contributed by atoms with Crippen molar-refractivity contribution in [3.8, 4) is 11.5 Å². The Hall–Kier alpha value is -3.27. The topological polar surface area (TPSA) is 47.6 Å².